The van der Waals surface area contributed by atoms with E-state index in [-0.39, 0.29) is 0 Å². The molecule has 0 aliphatic carbocycles. The number of aryl methyl sites for hydroxylation is 1. The first-order valence-electron chi connectivity index (χ1n) is 6.88. The van der Waals surface area contributed by atoms with Crippen LogP contribution in [-0.4, -0.2) is 50.8 Å². The second-order valence-electron chi connectivity index (χ2n) is 5.49. The summed E-state index contributed by atoms with van der Waals surface area (Å²) in [6.45, 7) is 6.40. The van der Waals surface area contributed by atoms with Crippen molar-refractivity contribution in [2.45, 2.75) is 25.2 Å². The minimum Gasteiger partial charge on any atom is -0.398 e. The highest BCUT2D eigenvalue weighted by atomic mass is 32.2. The summed E-state index contributed by atoms with van der Waals surface area (Å²) >= 11 is 0. The van der Waals surface area contributed by atoms with Gasteiger partial charge in [-0.3, -0.25) is 0 Å². The Morgan fingerprint density at radius 2 is 1.80 bits per heavy atom. The molecule has 0 amide bonds. The molecule has 20 heavy (non-hydrogen) atoms. The van der Waals surface area contributed by atoms with Gasteiger partial charge in [0.2, 0.25) is 10.0 Å². The van der Waals surface area contributed by atoms with E-state index in [9.17, 15) is 8.42 Å². The zero-order chi connectivity index (χ0) is 14.9. The molecule has 0 radical (unpaired) electrons. The van der Waals surface area contributed by atoms with Crippen molar-refractivity contribution in [3.05, 3.63) is 23.3 Å². The van der Waals surface area contributed by atoms with Gasteiger partial charge in [-0.1, -0.05) is 6.07 Å². The monoisotopic (exact) mass is 297 g/mol. The zero-order valence-electron chi connectivity index (χ0n) is 12.4. The van der Waals surface area contributed by atoms with Crippen LogP contribution in [-0.2, 0) is 10.0 Å². The van der Waals surface area contributed by atoms with Crippen molar-refractivity contribution in [1.82, 2.24) is 9.21 Å². The zero-order valence-corrected chi connectivity index (χ0v) is 13.2. The molecule has 0 atom stereocenters. The molecule has 1 heterocycles. The highest BCUT2D eigenvalue weighted by Crippen LogP contribution is 2.28. The topological polar surface area (TPSA) is 66.6 Å². The molecular weight excluding hydrogens is 274 g/mol. The number of sulfonamides is 1. The molecule has 0 bridgehead atoms. The van der Waals surface area contributed by atoms with Crippen LogP contribution in [0.25, 0.3) is 0 Å². The Morgan fingerprint density at radius 1 is 1.10 bits per heavy atom. The predicted molar refractivity (Wildman–Crippen MR) is 81.2 cm³/mol. The third-order valence-corrected chi connectivity index (χ3v) is 6.11. The molecule has 1 aromatic rings. The number of likely N-dealkylation sites (N-methyl/N-ethyl adjacent to an activating group) is 1. The molecule has 5 nitrogen and oxygen atoms in total. The lowest BCUT2D eigenvalue weighted by atomic mass is 10.1. The highest BCUT2D eigenvalue weighted by molar-refractivity contribution is 7.89. The van der Waals surface area contributed by atoms with E-state index in [1.165, 1.54) is 0 Å². The van der Waals surface area contributed by atoms with Gasteiger partial charge in [-0.25, -0.2) is 8.42 Å². The summed E-state index contributed by atoms with van der Waals surface area (Å²) in [7, 11) is -1.45. The number of hydrogen-bond donors (Lipinski definition) is 1. The molecule has 1 fully saturated rings. The van der Waals surface area contributed by atoms with E-state index in [2.05, 4.69) is 4.90 Å². The van der Waals surface area contributed by atoms with E-state index in [0.29, 0.717) is 29.2 Å². The average molecular weight is 297 g/mol. The van der Waals surface area contributed by atoms with Crippen molar-refractivity contribution in [2.75, 3.05) is 39.0 Å². The lowest BCUT2D eigenvalue weighted by Gasteiger charge is -2.23. The van der Waals surface area contributed by atoms with E-state index in [0.717, 1.165) is 25.1 Å². The molecule has 2 rings (SSSR count). The Bertz CT molecular complexity index is 599. The first-order valence-corrected chi connectivity index (χ1v) is 8.32. The molecule has 0 aromatic heterocycles. The summed E-state index contributed by atoms with van der Waals surface area (Å²) in [5.74, 6) is 0. The Hall–Kier alpha value is -1.11. The van der Waals surface area contributed by atoms with Crippen LogP contribution in [0.3, 0.4) is 0 Å². The fourth-order valence-corrected chi connectivity index (χ4v) is 4.56. The van der Waals surface area contributed by atoms with Gasteiger partial charge in [-0.15, -0.1) is 0 Å². The van der Waals surface area contributed by atoms with Crippen LogP contribution < -0.4 is 5.73 Å². The van der Waals surface area contributed by atoms with Crippen LogP contribution in [0.5, 0.6) is 0 Å². The maximum Gasteiger partial charge on any atom is 0.243 e. The molecule has 0 unspecified atom stereocenters. The predicted octanol–water partition coefficient (Wildman–Crippen LogP) is 1.21. The molecule has 1 aromatic carbocycles. The van der Waals surface area contributed by atoms with E-state index < -0.39 is 10.0 Å². The molecular formula is C14H23N3O2S. The van der Waals surface area contributed by atoms with Gasteiger partial charge in [0, 0.05) is 25.3 Å². The number of hydrogen-bond acceptors (Lipinski definition) is 4. The quantitative estimate of drug-likeness (QED) is 0.833. The SMILES string of the molecule is Cc1ccc(N)c(C)c1S(=O)(=O)N1CCCN(C)CC1. The second-order valence-corrected chi connectivity index (χ2v) is 7.36. The molecule has 1 aliphatic rings. The standard InChI is InChI=1S/C14H23N3O2S/c1-11-5-6-13(15)12(2)14(11)20(18,19)17-8-4-7-16(3)9-10-17/h5-6H,4,7-10,15H2,1-3H3. The lowest BCUT2D eigenvalue weighted by Crippen LogP contribution is -2.35. The fourth-order valence-electron chi connectivity index (χ4n) is 2.63. The van der Waals surface area contributed by atoms with Crippen LogP contribution in [0.2, 0.25) is 0 Å². The maximum atomic E-state index is 12.9. The van der Waals surface area contributed by atoms with E-state index in [1.807, 2.05) is 14.0 Å². The Labute approximate surface area is 121 Å². The first-order chi connectivity index (χ1) is 9.34. The lowest BCUT2D eigenvalue weighted by molar-refractivity contribution is 0.347. The molecule has 0 saturated carbocycles. The largest absolute Gasteiger partial charge is 0.398 e. The van der Waals surface area contributed by atoms with Crippen LogP contribution in [0.15, 0.2) is 17.0 Å². The van der Waals surface area contributed by atoms with E-state index in [4.69, 9.17) is 5.73 Å². The highest BCUT2D eigenvalue weighted by Gasteiger charge is 2.29. The fraction of sp³-hybridized carbons (Fsp3) is 0.571. The first kappa shape index (κ1) is 15.3. The number of nitrogens with zero attached hydrogens (tertiary/aromatic N) is 2. The molecule has 1 aliphatic heterocycles. The number of anilines is 1. The second kappa shape index (κ2) is 5.71. The summed E-state index contributed by atoms with van der Waals surface area (Å²) in [6, 6.07) is 3.54. The van der Waals surface area contributed by atoms with Crippen LogP contribution in [0.1, 0.15) is 17.5 Å². The van der Waals surface area contributed by atoms with Gasteiger partial charge in [0.25, 0.3) is 0 Å². The molecule has 1 saturated heterocycles. The van der Waals surface area contributed by atoms with Crippen molar-refractivity contribution >= 4 is 15.7 Å². The van der Waals surface area contributed by atoms with E-state index >= 15 is 0 Å². The van der Waals surface area contributed by atoms with Crippen molar-refractivity contribution in [3.8, 4) is 0 Å². The third kappa shape index (κ3) is 2.82. The summed E-state index contributed by atoms with van der Waals surface area (Å²) in [6.07, 6.45) is 0.857. The minimum absolute atomic E-state index is 0.377. The Morgan fingerprint density at radius 3 is 2.50 bits per heavy atom. The van der Waals surface area contributed by atoms with Gasteiger partial charge in [-0.2, -0.15) is 4.31 Å². The number of rotatable bonds is 2. The van der Waals surface area contributed by atoms with Crippen molar-refractivity contribution in [3.63, 3.8) is 0 Å². The molecule has 6 heteroatoms. The summed E-state index contributed by atoms with van der Waals surface area (Å²) in [5, 5.41) is 0. The molecule has 2 N–H and O–H groups in total. The number of nitrogen functional groups attached to an aromatic ring is 1. The van der Waals surface area contributed by atoms with Crippen LogP contribution >= 0.6 is 0 Å². The van der Waals surface area contributed by atoms with Gasteiger partial charge < -0.3 is 10.6 Å². The Kier molecular flexibility index (Phi) is 4.36. The van der Waals surface area contributed by atoms with Crippen LogP contribution in [0, 0.1) is 13.8 Å². The van der Waals surface area contributed by atoms with Gasteiger partial charge in [0.15, 0.2) is 0 Å². The number of nitrogens with two attached hydrogens (primary N) is 1. The van der Waals surface area contributed by atoms with Gasteiger partial charge in [0.05, 0.1) is 4.90 Å². The normalized spacial score (nSPS) is 18.9. The van der Waals surface area contributed by atoms with Crippen LogP contribution in [0.4, 0.5) is 5.69 Å². The minimum atomic E-state index is -3.47. The van der Waals surface area contributed by atoms with Crippen molar-refractivity contribution < 1.29 is 8.42 Å². The maximum absolute atomic E-state index is 12.9. The molecule has 0 spiro atoms. The third-order valence-electron chi connectivity index (χ3n) is 3.92. The van der Waals surface area contributed by atoms with E-state index in [1.54, 1.807) is 23.4 Å². The van der Waals surface area contributed by atoms with Crippen molar-refractivity contribution in [2.24, 2.45) is 0 Å². The van der Waals surface area contributed by atoms with Gasteiger partial charge >= 0.3 is 0 Å². The Balaban J connectivity index is 2.43. The van der Waals surface area contributed by atoms with Gasteiger partial charge in [-0.05, 0) is 51.1 Å². The molecule has 112 valence electrons. The smallest absolute Gasteiger partial charge is 0.243 e. The number of benzene rings is 1. The van der Waals surface area contributed by atoms with Crippen molar-refractivity contribution in [1.29, 1.82) is 0 Å². The summed E-state index contributed by atoms with van der Waals surface area (Å²) in [5.41, 5.74) is 7.82. The average Bonchev–Trinajstić information content (AvgIpc) is 2.59. The van der Waals surface area contributed by atoms with Gasteiger partial charge in [0.1, 0.15) is 0 Å². The summed E-state index contributed by atoms with van der Waals surface area (Å²) in [4.78, 5) is 2.54. The summed E-state index contributed by atoms with van der Waals surface area (Å²) < 4.78 is 27.4.